The number of nitrogens with zero attached hydrogens (tertiary/aromatic N) is 5. The summed E-state index contributed by atoms with van der Waals surface area (Å²) in [5, 5.41) is 8.24. The third-order valence-corrected chi connectivity index (χ3v) is 5.70. The van der Waals surface area contributed by atoms with Gasteiger partial charge in [0.15, 0.2) is 0 Å². The van der Waals surface area contributed by atoms with Crippen LogP contribution in [0.15, 0.2) is 42.7 Å². The van der Waals surface area contributed by atoms with Crippen LogP contribution in [0.5, 0.6) is 0 Å². The van der Waals surface area contributed by atoms with E-state index in [1.165, 1.54) is 30.6 Å². The summed E-state index contributed by atoms with van der Waals surface area (Å²) in [6.07, 6.45) is -3.10. The van der Waals surface area contributed by atoms with E-state index in [1.54, 1.807) is 22.3 Å². The van der Waals surface area contributed by atoms with E-state index in [4.69, 9.17) is 0 Å². The molecule has 0 bridgehead atoms. The number of benzene rings is 2. The highest BCUT2D eigenvalue weighted by Crippen LogP contribution is 2.57. The number of halogens is 5. The van der Waals surface area contributed by atoms with Crippen LogP contribution in [0.2, 0.25) is 0 Å². The van der Waals surface area contributed by atoms with Gasteiger partial charge in [-0.1, -0.05) is 11.8 Å². The molecular formula is C23H16F5N5. The van der Waals surface area contributed by atoms with Gasteiger partial charge in [0.25, 0.3) is 5.78 Å². The minimum Gasteiger partial charge on any atom is -0.326 e. The molecule has 4 aromatic rings. The van der Waals surface area contributed by atoms with Gasteiger partial charge in [0.1, 0.15) is 29.2 Å². The first-order valence-electron chi connectivity index (χ1n) is 10.2. The highest BCUT2D eigenvalue weighted by atomic mass is 19.4. The first-order chi connectivity index (χ1) is 15.7. The zero-order valence-corrected chi connectivity index (χ0v) is 17.3. The third-order valence-electron chi connectivity index (χ3n) is 5.70. The molecule has 33 heavy (non-hydrogen) atoms. The van der Waals surface area contributed by atoms with E-state index in [0.717, 1.165) is 6.07 Å². The number of fused-ring (bicyclic) bond motifs is 3. The van der Waals surface area contributed by atoms with E-state index in [1.807, 2.05) is 0 Å². The minimum absolute atomic E-state index is 0.0629. The largest absolute Gasteiger partial charge is 0.405 e. The van der Waals surface area contributed by atoms with Crippen molar-refractivity contribution >= 4 is 28.2 Å². The van der Waals surface area contributed by atoms with E-state index in [9.17, 15) is 22.0 Å². The summed E-state index contributed by atoms with van der Waals surface area (Å²) in [6, 6.07) is 7.98. The van der Waals surface area contributed by atoms with Gasteiger partial charge in [-0.05, 0) is 56.2 Å². The molecule has 1 aliphatic carbocycles. The molecule has 0 aliphatic heterocycles. The van der Waals surface area contributed by atoms with E-state index in [-0.39, 0.29) is 24.2 Å². The van der Waals surface area contributed by atoms with Gasteiger partial charge in [0.2, 0.25) is 0 Å². The van der Waals surface area contributed by atoms with Crippen LogP contribution in [-0.2, 0) is 0 Å². The topological polar surface area (TPSA) is 46.3 Å². The van der Waals surface area contributed by atoms with E-state index in [2.05, 4.69) is 27.0 Å². The molecule has 0 atom stereocenters. The predicted molar refractivity (Wildman–Crippen MR) is 112 cm³/mol. The summed E-state index contributed by atoms with van der Waals surface area (Å²) in [5.74, 6) is 4.21. The molecule has 1 aliphatic rings. The van der Waals surface area contributed by atoms with E-state index < -0.39 is 23.2 Å². The molecule has 2 heterocycles. The van der Waals surface area contributed by atoms with Crippen LogP contribution in [0.25, 0.3) is 16.7 Å². The zero-order chi connectivity index (χ0) is 23.4. The maximum Gasteiger partial charge on any atom is 0.405 e. The zero-order valence-electron chi connectivity index (χ0n) is 17.3. The molecule has 0 radical (unpaired) electrons. The highest BCUT2D eigenvalue weighted by Gasteiger charge is 2.62. The number of aromatic nitrogens is 4. The second-order valence-corrected chi connectivity index (χ2v) is 7.87. The van der Waals surface area contributed by atoms with Gasteiger partial charge < -0.3 is 4.90 Å². The average Bonchev–Trinajstić information content (AvgIpc) is 3.43. The van der Waals surface area contributed by atoms with Crippen molar-refractivity contribution in [3.63, 3.8) is 0 Å². The lowest BCUT2D eigenvalue weighted by Gasteiger charge is -2.24. The van der Waals surface area contributed by atoms with Crippen molar-refractivity contribution in [3.8, 4) is 11.8 Å². The Kier molecular flexibility index (Phi) is 4.74. The van der Waals surface area contributed by atoms with Crippen LogP contribution in [0.3, 0.4) is 0 Å². The summed E-state index contributed by atoms with van der Waals surface area (Å²) in [5.41, 5.74) is -0.992. The molecule has 5 rings (SSSR count). The van der Waals surface area contributed by atoms with Crippen molar-refractivity contribution in [2.24, 2.45) is 5.41 Å². The molecule has 2 aromatic carbocycles. The molecule has 10 heteroatoms. The molecule has 0 saturated heterocycles. The molecule has 5 nitrogen and oxygen atoms in total. The van der Waals surface area contributed by atoms with Gasteiger partial charge in [-0.15, -0.1) is 10.2 Å². The normalized spacial score (nSPS) is 14.8. The lowest BCUT2D eigenvalue weighted by atomic mass is 10.1. The van der Waals surface area contributed by atoms with Gasteiger partial charge in [0.05, 0.1) is 5.52 Å². The Morgan fingerprint density at radius 1 is 1.09 bits per heavy atom. The second kappa shape index (κ2) is 7.40. The predicted octanol–water partition coefficient (Wildman–Crippen LogP) is 5.41. The number of rotatable bonds is 3. The molecule has 0 amide bonds. The molecule has 0 N–H and O–H groups in total. The SMILES string of the molecule is CCN(c1cc(F)cc(C#CC2(C(F)(F)F)CC2)c1)c1nc2nncn2c2ccc(F)cc12. The van der Waals surface area contributed by atoms with Gasteiger partial charge in [-0.3, -0.25) is 4.40 Å². The molecule has 0 spiro atoms. The summed E-state index contributed by atoms with van der Waals surface area (Å²) in [4.78, 5) is 6.11. The summed E-state index contributed by atoms with van der Waals surface area (Å²) >= 11 is 0. The van der Waals surface area contributed by atoms with Gasteiger partial charge in [0, 0.05) is 23.2 Å². The van der Waals surface area contributed by atoms with Crippen molar-refractivity contribution in [2.45, 2.75) is 25.9 Å². The van der Waals surface area contributed by atoms with Crippen LogP contribution in [0, 0.1) is 28.9 Å². The van der Waals surface area contributed by atoms with Crippen molar-refractivity contribution in [1.29, 1.82) is 0 Å². The van der Waals surface area contributed by atoms with Crippen LogP contribution >= 0.6 is 0 Å². The van der Waals surface area contributed by atoms with Crippen molar-refractivity contribution in [3.05, 3.63) is 59.9 Å². The third kappa shape index (κ3) is 3.63. The fourth-order valence-corrected chi connectivity index (χ4v) is 3.79. The highest BCUT2D eigenvalue weighted by molar-refractivity contribution is 5.93. The van der Waals surface area contributed by atoms with Crippen LogP contribution < -0.4 is 4.90 Å². The number of anilines is 2. The Morgan fingerprint density at radius 3 is 2.58 bits per heavy atom. The number of hydrogen-bond donors (Lipinski definition) is 0. The smallest absolute Gasteiger partial charge is 0.326 e. The fourth-order valence-electron chi connectivity index (χ4n) is 3.79. The molecule has 0 unspecified atom stereocenters. The Hall–Kier alpha value is -3.74. The van der Waals surface area contributed by atoms with Crippen LogP contribution in [0.4, 0.5) is 33.5 Å². The van der Waals surface area contributed by atoms with Gasteiger partial charge in [-0.2, -0.15) is 18.2 Å². The number of hydrogen-bond acceptors (Lipinski definition) is 4. The van der Waals surface area contributed by atoms with Crippen molar-refractivity contribution in [1.82, 2.24) is 19.6 Å². The van der Waals surface area contributed by atoms with Gasteiger partial charge in [-0.25, -0.2) is 8.78 Å². The first-order valence-corrected chi connectivity index (χ1v) is 10.2. The molecule has 1 saturated carbocycles. The van der Waals surface area contributed by atoms with E-state index in [0.29, 0.717) is 29.0 Å². The van der Waals surface area contributed by atoms with Crippen LogP contribution in [0.1, 0.15) is 25.3 Å². The Balaban J connectivity index is 1.64. The minimum atomic E-state index is -4.42. The lowest BCUT2D eigenvalue weighted by molar-refractivity contribution is -0.168. The Morgan fingerprint density at radius 2 is 1.88 bits per heavy atom. The fraction of sp³-hybridized carbons (Fsp3) is 0.261. The van der Waals surface area contributed by atoms with Crippen molar-refractivity contribution in [2.75, 3.05) is 11.4 Å². The maximum atomic E-state index is 14.5. The Bertz CT molecular complexity index is 1440. The van der Waals surface area contributed by atoms with Gasteiger partial charge >= 0.3 is 6.18 Å². The quantitative estimate of drug-likeness (QED) is 0.305. The average molecular weight is 457 g/mol. The standard InChI is InChI=1S/C23H16F5N5/c1-2-32(20-18-12-15(24)3-4-19(18)33-13-29-31-21(33)30-20)17-10-14(9-16(25)11-17)5-6-22(7-8-22)23(26,27)28/h3-4,9-13H,2,7-8H2,1H3. The molecule has 2 aromatic heterocycles. The monoisotopic (exact) mass is 457 g/mol. The number of alkyl halides is 3. The first kappa shape index (κ1) is 21.1. The summed E-state index contributed by atoms with van der Waals surface area (Å²) < 4.78 is 69.8. The molecule has 168 valence electrons. The molecular weight excluding hydrogens is 441 g/mol. The van der Waals surface area contributed by atoms with E-state index >= 15 is 0 Å². The molecule has 1 fully saturated rings. The second-order valence-electron chi connectivity index (χ2n) is 7.87. The summed E-state index contributed by atoms with van der Waals surface area (Å²) in [6.45, 7) is 2.10. The Labute approximate surface area is 184 Å². The van der Waals surface area contributed by atoms with Crippen LogP contribution in [-0.4, -0.2) is 32.3 Å². The lowest BCUT2D eigenvalue weighted by Crippen LogP contribution is -2.22. The van der Waals surface area contributed by atoms with Crippen molar-refractivity contribution < 1.29 is 22.0 Å². The summed E-state index contributed by atoms with van der Waals surface area (Å²) in [7, 11) is 0. The maximum absolute atomic E-state index is 14.5.